The van der Waals surface area contributed by atoms with Gasteiger partial charge in [-0.1, -0.05) is 48.8 Å². The molecule has 3 nitrogen and oxygen atoms in total. The van der Waals surface area contributed by atoms with E-state index in [1.54, 1.807) is 6.07 Å². The summed E-state index contributed by atoms with van der Waals surface area (Å²) in [4.78, 5) is 17.1. The van der Waals surface area contributed by atoms with E-state index in [-0.39, 0.29) is 11.7 Å². The average Bonchev–Trinajstić information content (AvgIpc) is 2.66. The summed E-state index contributed by atoms with van der Waals surface area (Å²) in [5, 5.41) is 2.11. The standard InChI is InChI=1S/C15H16Cl2N2OS/c1-8(2)13-15(19(4)14(18-13)9(3)20)21-12-6-10(16)5-11(17)7-12/h5-8H,1-4H3. The molecule has 2 rings (SSSR count). The fraction of sp³-hybridized carbons (Fsp3) is 0.333. The molecule has 0 unspecified atom stereocenters. The first-order valence-electron chi connectivity index (χ1n) is 6.51. The molecule has 0 aliphatic rings. The molecule has 0 amide bonds. The number of rotatable bonds is 4. The van der Waals surface area contributed by atoms with Gasteiger partial charge in [-0.05, 0) is 24.1 Å². The summed E-state index contributed by atoms with van der Waals surface area (Å²) in [6, 6.07) is 5.39. The number of halogens is 2. The van der Waals surface area contributed by atoms with Crippen molar-refractivity contribution in [1.29, 1.82) is 0 Å². The van der Waals surface area contributed by atoms with Gasteiger partial charge >= 0.3 is 0 Å². The van der Waals surface area contributed by atoms with Crippen molar-refractivity contribution in [3.05, 3.63) is 39.8 Å². The Labute approximate surface area is 138 Å². The van der Waals surface area contributed by atoms with E-state index >= 15 is 0 Å². The second-order valence-corrected chi connectivity index (χ2v) is 7.04. The van der Waals surface area contributed by atoms with Gasteiger partial charge in [-0.2, -0.15) is 0 Å². The van der Waals surface area contributed by atoms with Crippen molar-refractivity contribution in [1.82, 2.24) is 9.55 Å². The Morgan fingerprint density at radius 3 is 2.29 bits per heavy atom. The van der Waals surface area contributed by atoms with Gasteiger partial charge < -0.3 is 4.57 Å². The predicted octanol–water partition coefficient (Wildman–Crippen LogP) is 5.20. The second-order valence-electron chi connectivity index (χ2n) is 5.10. The lowest BCUT2D eigenvalue weighted by atomic mass is 10.1. The summed E-state index contributed by atoms with van der Waals surface area (Å²) >= 11 is 13.6. The molecule has 0 fully saturated rings. The summed E-state index contributed by atoms with van der Waals surface area (Å²) in [5.74, 6) is 0.645. The molecule has 1 aromatic carbocycles. The molecule has 0 bridgehead atoms. The largest absolute Gasteiger partial charge is 0.319 e. The van der Waals surface area contributed by atoms with E-state index in [0.29, 0.717) is 15.9 Å². The number of Topliss-reactive ketones (excluding diaryl/α,β-unsaturated/α-hetero) is 1. The minimum atomic E-state index is -0.0459. The first-order chi connectivity index (χ1) is 9.79. The highest BCUT2D eigenvalue weighted by Crippen LogP contribution is 2.36. The summed E-state index contributed by atoms with van der Waals surface area (Å²) in [7, 11) is 1.85. The van der Waals surface area contributed by atoms with Gasteiger partial charge in [0, 0.05) is 28.9 Å². The highest BCUT2D eigenvalue weighted by atomic mass is 35.5. The quantitative estimate of drug-likeness (QED) is 0.715. The maximum atomic E-state index is 11.7. The number of carbonyl (C=O) groups is 1. The lowest BCUT2D eigenvalue weighted by molar-refractivity contribution is 0.1000. The monoisotopic (exact) mass is 342 g/mol. The molecular formula is C15H16Cl2N2OS. The molecule has 1 heterocycles. The van der Waals surface area contributed by atoms with E-state index in [1.807, 2.05) is 23.7 Å². The third-order valence-corrected chi connectivity index (χ3v) is 4.56. The van der Waals surface area contributed by atoms with E-state index in [0.717, 1.165) is 15.6 Å². The molecule has 21 heavy (non-hydrogen) atoms. The molecule has 1 aromatic heterocycles. The van der Waals surface area contributed by atoms with E-state index in [2.05, 4.69) is 18.8 Å². The Bertz CT molecular complexity index is 675. The van der Waals surface area contributed by atoms with Crippen molar-refractivity contribution >= 4 is 40.7 Å². The van der Waals surface area contributed by atoms with E-state index < -0.39 is 0 Å². The Balaban J connectivity index is 2.49. The number of hydrogen-bond acceptors (Lipinski definition) is 3. The number of nitrogens with zero attached hydrogens (tertiary/aromatic N) is 2. The van der Waals surface area contributed by atoms with E-state index in [1.165, 1.54) is 18.7 Å². The summed E-state index contributed by atoms with van der Waals surface area (Å²) in [5.41, 5.74) is 0.906. The first-order valence-corrected chi connectivity index (χ1v) is 8.08. The molecule has 0 radical (unpaired) electrons. The summed E-state index contributed by atoms with van der Waals surface area (Å²) in [6.07, 6.45) is 0. The lowest BCUT2D eigenvalue weighted by Crippen LogP contribution is -2.03. The van der Waals surface area contributed by atoms with Crippen LogP contribution in [-0.2, 0) is 7.05 Å². The van der Waals surface area contributed by atoms with Crippen molar-refractivity contribution in [2.45, 2.75) is 36.6 Å². The average molecular weight is 343 g/mol. The van der Waals surface area contributed by atoms with Crippen LogP contribution in [0, 0.1) is 0 Å². The van der Waals surface area contributed by atoms with Crippen LogP contribution in [0.25, 0.3) is 0 Å². The van der Waals surface area contributed by atoms with Gasteiger partial charge in [0.2, 0.25) is 0 Å². The topological polar surface area (TPSA) is 34.9 Å². The molecule has 2 aromatic rings. The summed E-state index contributed by atoms with van der Waals surface area (Å²) in [6.45, 7) is 5.64. The zero-order valence-electron chi connectivity index (χ0n) is 12.3. The second kappa shape index (κ2) is 6.42. The highest BCUT2D eigenvalue weighted by molar-refractivity contribution is 7.99. The number of aromatic nitrogens is 2. The Hall–Kier alpha value is -0.970. The molecule has 0 N–H and O–H groups in total. The molecule has 0 aliphatic heterocycles. The van der Waals surface area contributed by atoms with Crippen molar-refractivity contribution in [2.24, 2.45) is 7.05 Å². The van der Waals surface area contributed by atoms with Crippen LogP contribution in [-0.4, -0.2) is 15.3 Å². The van der Waals surface area contributed by atoms with Gasteiger partial charge in [0.15, 0.2) is 11.6 Å². The highest BCUT2D eigenvalue weighted by Gasteiger charge is 2.20. The van der Waals surface area contributed by atoms with Crippen LogP contribution in [0.15, 0.2) is 28.1 Å². The maximum absolute atomic E-state index is 11.7. The Morgan fingerprint density at radius 1 is 1.24 bits per heavy atom. The molecule has 0 spiro atoms. The minimum absolute atomic E-state index is 0.0459. The fourth-order valence-corrected chi connectivity index (χ4v) is 3.88. The molecule has 0 saturated carbocycles. The number of hydrogen-bond donors (Lipinski definition) is 0. The van der Waals surface area contributed by atoms with Crippen molar-refractivity contribution in [3.8, 4) is 0 Å². The van der Waals surface area contributed by atoms with Crippen LogP contribution in [0.2, 0.25) is 10.0 Å². The van der Waals surface area contributed by atoms with Crippen LogP contribution in [0.1, 0.15) is 43.0 Å². The van der Waals surface area contributed by atoms with Crippen molar-refractivity contribution in [3.63, 3.8) is 0 Å². The number of ketones is 1. The smallest absolute Gasteiger partial charge is 0.195 e. The molecule has 0 saturated heterocycles. The maximum Gasteiger partial charge on any atom is 0.195 e. The van der Waals surface area contributed by atoms with Gasteiger partial charge in [0.25, 0.3) is 0 Å². The van der Waals surface area contributed by atoms with Crippen LogP contribution in [0.4, 0.5) is 0 Å². The van der Waals surface area contributed by atoms with Crippen LogP contribution < -0.4 is 0 Å². The van der Waals surface area contributed by atoms with Gasteiger partial charge in [0.1, 0.15) is 5.03 Å². The SMILES string of the molecule is CC(=O)c1nc(C(C)C)c(Sc2cc(Cl)cc(Cl)c2)n1C. The van der Waals surface area contributed by atoms with Gasteiger partial charge in [-0.3, -0.25) is 4.79 Å². The third-order valence-electron chi connectivity index (χ3n) is 2.98. The van der Waals surface area contributed by atoms with E-state index in [4.69, 9.17) is 23.2 Å². The van der Waals surface area contributed by atoms with Crippen LogP contribution in [0.3, 0.4) is 0 Å². The zero-order valence-corrected chi connectivity index (χ0v) is 14.6. The number of carbonyl (C=O) groups excluding carboxylic acids is 1. The normalized spacial score (nSPS) is 11.2. The third kappa shape index (κ3) is 3.62. The Kier molecular flexibility index (Phi) is 5.02. The molecule has 0 atom stereocenters. The molecule has 6 heteroatoms. The lowest BCUT2D eigenvalue weighted by Gasteiger charge is -2.09. The molecular weight excluding hydrogens is 327 g/mol. The minimum Gasteiger partial charge on any atom is -0.319 e. The number of imidazole rings is 1. The Morgan fingerprint density at radius 2 is 1.81 bits per heavy atom. The van der Waals surface area contributed by atoms with Gasteiger partial charge in [-0.25, -0.2) is 4.98 Å². The van der Waals surface area contributed by atoms with Crippen LogP contribution >= 0.6 is 35.0 Å². The van der Waals surface area contributed by atoms with Crippen LogP contribution in [0.5, 0.6) is 0 Å². The number of benzene rings is 1. The predicted molar refractivity (Wildman–Crippen MR) is 87.9 cm³/mol. The zero-order chi connectivity index (χ0) is 15.7. The first kappa shape index (κ1) is 16.4. The van der Waals surface area contributed by atoms with E-state index in [9.17, 15) is 4.79 Å². The molecule has 0 aliphatic carbocycles. The van der Waals surface area contributed by atoms with Crippen molar-refractivity contribution in [2.75, 3.05) is 0 Å². The van der Waals surface area contributed by atoms with Gasteiger partial charge in [-0.15, -0.1) is 0 Å². The van der Waals surface area contributed by atoms with Gasteiger partial charge in [0.05, 0.1) is 5.69 Å². The molecule has 112 valence electrons. The van der Waals surface area contributed by atoms with Crippen molar-refractivity contribution < 1.29 is 4.79 Å². The summed E-state index contributed by atoms with van der Waals surface area (Å²) < 4.78 is 1.83. The fourth-order valence-electron chi connectivity index (χ4n) is 2.02.